The minimum atomic E-state index is -0.406. The fourth-order valence-corrected chi connectivity index (χ4v) is 3.98. The summed E-state index contributed by atoms with van der Waals surface area (Å²) in [4.78, 5) is 29.3. The third kappa shape index (κ3) is 4.78. The van der Waals surface area contributed by atoms with Crippen LogP contribution in [0.3, 0.4) is 0 Å². The van der Waals surface area contributed by atoms with Crippen LogP contribution in [0.5, 0.6) is 0 Å². The summed E-state index contributed by atoms with van der Waals surface area (Å²) in [6.45, 7) is 4.56. The maximum atomic E-state index is 13.1. The Kier molecular flexibility index (Phi) is 6.91. The van der Waals surface area contributed by atoms with Crippen LogP contribution in [0.15, 0.2) is 48.5 Å². The molecule has 29 heavy (non-hydrogen) atoms. The van der Waals surface area contributed by atoms with Gasteiger partial charge in [-0.25, -0.2) is 0 Å². The molecule has 2 aromatic carbocycles. The summed E-state index contributed by atoms with van der Waals surface area (Å²) in [7, 11) is 3.48. The number of rotatable bonds is 6. The number of para-hydroxylation sites is 1. The smallest absolute Gasteiger partial charge is 0.253 e. The first-order valence-corrected chi connectivity index (χ1v) is 10.5. The lowest BCUT2D eigenvalue weighted by molar-refractivity contribution is -0.121. The summed E-state index contributed by atoms with van der Waals surface area (Å²) < 4.78 is 0. The number of piperidine rings is 1. The van der Waals surface area contributed by atoms with Gasteiger partial charge in [0.1, 0.15) is 0 Å². The average Bonchev–Trinajstić information content (AvgIpc) is 2.75. The van der Waals surface area contributed by atoms with Gasteiger partial charge in [-0.1, -0.05) is 30.3 Å². The normalized spacial score (nSPS) is 14.9. The first-order valence-electron chi connectivity index (χ1n) is 10.5. The first kappa shape index (κ1) is 20.9. The van der Waals surface area contributed by atoms with Crippen LogP contribution in [-0.4, -0.2) is 50.4 Å². The highest BCUT2D eigenvalue weighted by Gasteiger charge is 2.27. The van der Waals surface area contributed by atoms with E-state index in [9.17, 15) is 9.59 Å². The van der Waals surface area contributed by atoms with Crippen LogP contribution < -0.4 is 10.2 Å². The molecule has 0 bridgehead atoms. The standard InChI is InChI=1S/C24H31N3O2/c1-4-25-23(28)22(18-12-14-19(15-13-18)24(29)26(2)3)20-10-6-7-11-21(20)27-16-8-5-9-17-27/h6-7,10-15,22H,4-5,8-9,16-17H2,1-3H3,(H,25,28). The molecule has 1 aliphatic rings. The second-order valence-corrected chi connectivity index (χ2v) is 7.76. The lowest BCUT2D eigenvalue weighted by Gasteiger charge is -2.32. The Morgan fingerprint density at radius 2 is 1.66 bits per heavy atom. The monoisotopic (exact) mass is 393 g/mol. The molecule has 1 unspecified atom stereocenters. The van der Waals surface area contributed by atoms with Crippen LogP contribution >= 0.6 is 0 Å². The average molecular weight is 394 g/mol. The highest BCUT2D eigenvalue weighted by Crippen LogP contribution is 2.34. The van der Waals surface area contributed by atoms with Crippen molar-refractivity contribution in [3.63, 3.8) is 0 Å². The number of nitrogens with one attached hydrogen (secondary N) is 1. The van der Waals surface area contributed by atoms with Crippen molar-refractivity contribution in [1.29, 1.82) is 0 Å². The molecule has 1 aliphatic heterocycles. The summed E-state index contributed by atoms with van der Waals surface area (Å²) in [6, 6.07) is 15.7. The van der Waals surface area contributed by atoms with Crippen molar-refractivity contribution in [1.82, 2.24) is 10.2 Å². The minimum absolute atomic E-state index is 0.0105. The maximum Gasteiger partial charge on any atom is 0.253 e. The fourth-order valence-electron chi connectivity index (χ4n) is 3.98. The number of likely N-dealkylation sites (N-methyl/N-ethyl adjacent to an activating group) is 1. The number of hydrogen-bond donors (Lipinski definition) is 1. The van der Waals surface area contributed by atoms with Crippen molar-refractivity contribution in [3.8, 4) is 0 Å². The topological polar surface area (TPSA) is 52.7 Å². The van der Waals surface area contributed by atoms with E-state index in [4.69, 9.17) is 0 Å². The predicted octanol–water partition coefficient (Wildman–Crippen LogP) is 3.65. The molecule has 1 N–H and O–H groups in total. The summed E-state index contributed by atoms with van der Waals surface area (Å²) in [6.07, 6.45) is 3.63. The predicted molar refractivity (Wildman–Crippen MR) is 117 cm³/mol. The summed E-state index contributed by atoms with van der Waals surface area (Å²) >= 11 is 0. The zero-order chi connectivity index (χ0) is 20.8. The lowest BCUT2D eigenvalue weighted by atomic mass is 9.88. The number of hydrogen-bond acceptors (Lipinski definition) is 3. The number of benzene rings is 2. The van der Waals surface area contributed by atoms with Gasteiger partial charge in [0.05, 0.1) is 5.92 Å². The quantitative estimate of drug-likeness (QED) is 0.815. The van der Waals surface area contributed by atoms with Gasteiger partial charge in [0.25, 0.3) is 5.91 Å². The van der Waals surface area contributed by atoms with Gasteiger partial charge in [-0.05, 0) is 55.5 Å². The second-order valence-electron chi connectivity index (χ2n) is 7.76. The lowest BCUT2D eigenvalue weighted by Crippen LogP contribution is -2.34. The van der Waals surface area contributed by atoms with Gasteiger partial charge >= 0.3 is 0 Å². The second kappa shape index (κ2) is 9.59. The minimum Gasteiger partial charge on any atom is -0.371 e. The van der Waals surface area contributed by atoms with E-state index in [2.05, 4.69) is 22.3 Å². The molecule has 0 aromatic heterocycles. The first-order chi connectivity index (χ1) is 14.0. The van der Waals surface area contributed by atoms with E-state index in [1.165, 1.54) is 19.3 Å². The van der Waals surface area contributed by atoms with Crippen LogP contribution in [0.4, 0.5) is 5.69 Å². The van der Waals surface area contributed by atoms with Crippen molar-refractivity contribution < 1.29 is 9.59 Å². The molecule has 5 heteroatoms. The van der Waals surface area contributed by atoms with E-state index < -0.39 is 5.92 Å². The van der Waals surface area contributed by atoms with Gasteiger partial charge in [0.15, 0.2) is 0 Å². The molecular formula is C24H31N3O2. The van der Waals surface area contributed by atoms with Crippen LogP contribution in [0.25, 0.3) is 0 Å². The molecule has 154 valence electrons. The maximum absolute atomic E-state index is 13.1. The Morgan fingerprint density at radius 3 is 2.28 bits per heavy atom. The van der Waals surface area contributed by atoms with Crippen LogP contribution in [0.1, 0.15) is 53.6 Å². The van der Waals surface area contributed by atoms with Crippen molar-refractivity contribution in [2.24, 2.45) is 0 Å². The van der Waals surface area contributed by atoms with Gasteiger partial charge in [0, 0.05) is 45.0 Å². The Balaban J connectivity index is 2.01. The van der Waals surface area contributed by atoms with E-state index in [0.717, 1.165) is 29.9 Å². The molecule has 2 amide bonds. The molecule has 2 aromatic rings. The molecule has 1 atom stereocenters. The Labute approximate surface area is 173 Å². The van der Waals surface area contributed by atoms with E-state index in [-0.39, 0.29) is 11.8 Å². The van der Waals surface area contributed by atoms with Crippen LogP contribution in [0.2, 0.25) is 0 Å². The zero-order valence-corrected chi connectivity index (χ0v) is 17.6. The fraction of sp³-hybridized carbons (Fsp3) is 0.417. The number of carbonyl (C=O) groups excluding carboxylic acids is 2. The van der Waals surface area contributed by atoms with Crippen molar-refractivity contribution in [2.75, 3.05) is 38.6 Å². The number of nitrogens with zero attached hydrogens (tertiary/aromatic N) is 2. The molecular weight excluding hydrogens is 362 g/mol. The van der Waals surface area contributed by atoms with Gasteiger partial charge < -0.3 is 15.1 Å². The number of carbonyl (C=O) groups is 2. The Morgan fingerprint density at radius 1 is 1.00 bits per heavy atom. The molecule has 0 aliphatic carbocycles. The molecule has 0 saturated carbocycles. The van der Waals surface area contributed by atoms with Gasteiger partial charge in [-0.3, -0.25) is 9.59 Å². The molecule has 1 fully saturated rings. The summed E-state index contributed by atoms with van der Waals surface area (Å²) in [5, 5.41) is 3.00. The zero-order valence-electron chi connectivity index (χ0n) is 17.6. The molecule has 1 heterocycles. The highest BCUT2D eigenvalue weighted by atomic mass is 16.2. The molecule has 5 nitrogen and oxygen atoms in total. The van der Waals surface area contributed by atoms with Crippen molar-refractivity contribution in [2.45, 2.75) is 32.1 Å². The van der Waals surface area contributed by atoms with E-state index in [1.54, 1.807) is 19.0 Å². The van der Waals surface area contributed by atoms with Crippen molar-refractivity contribution in [3.05, 3.63) is 65.2 Å². The number of anilines is 1. The summed E-state index contributed by atoms with van der Waals surface area (Å²) in [5.74, 6) is -0.458. The van der Waals surface area contributed by atoms with Crippen LogP contribution in [-0.2, 0) is 4.79 Å². The SMILES string of the molecule is CCNC(=O)C(c1ccc(C(=O)N(C)C)cc1)c1ccccc1N1CCCCC1. The highest BCUT2D eigenvalue weighted by molar-refractivity contribution is 5.94. The third-order valence-corrected chi connectivity index (χ3v) is 5.45. The van der Waals surface area contributed by atoms with Gasteiger partial charge in [-0.2, -0.15) is 0 Å². The largest absolute Gasteiger partial charge is 0.371 e. The van der Waals surface area contributed by atoms with Crippen LogP contribution in [0, 0.1) is 0 Å². The van der Waals surface area contributed by atoms with Gasteiger partial charge in [-0.15, -0.1) is 0 Å². The third-order valence-electron chi connectivity index (χ3n) is 5.45. The molecule has 0 spiro atoms. The summed E-state index contributed by atoms with van der Waals surface area (Å²) in [5.41, 5.74) is 3.68. The number of amides is 2. The van der Waals surface area contributed by atoms with E-state index >= 15 is 0 Å². The Hall–Kier alpha value is -2.82. The molecule has 1 saturated heterocycles. The van der Waals surface area contributed by atoms with Gasteiger partial charge in [0.2, 0.25) is 5.91 Å². The molecule has 0 radical (unpaired) electrons. The molecule has 3 rings (SSSR count). The van der Waals surface area contributed by atoms with Crippen molar-refractivity contribution >= 4 is 17.5 Å². The van der Waals surface area contributed by atoms with E-state index in [1.807, 2.05) is 43.3 Å². The Bertz CT molecular complexity index is 839. The van der Waals surface area contributed by atoms with E-state index in [0.29, 0.717) is 12.1 Å².